The van der Waals surface area contributed by atoms with E-state index in [0.29, 0.717) is 0 Å². The summed E-state index contributed by atoms with van der Waals surface area (Å²) in [6.45, 7) is 13.9. The van der Waals surface area contributed by atoms with Crippen LogP contribution in [0, 0.1) is 6.92 Å². The highest BCUT2D eigenvalue weighted by atomic mass is 127. The first-order chi connectivity index (χ1) is 9.14. The molecule has 4 heteroatoms. The molecule has 3 nitrogen and oxygen atoms in total. The molecule has 0 aliphatic heterocycles. The second-order valence-electron chi connectivity index (χ2n) is 7.05. The van der Waals surface area contributed by atoms with Gasteiger partial charge in [-0.05, 0) is 33.3 Å². The van der Waals surface area contributed by atoms with Crippen LogP contribution in [0.25, 0.3) is 0 Å². The average Bonchev–Trinajstić information content (AvgIpc) is 2.33. The first kappa shape index (κ1) is 20.2. The van der Waals surface area contributed by atoms with E-state index in [2.05, 4.69) is 81.4 Å². The van der Waals surface area contributed by atoms with Gasteiger partial charge in [-0.15, -0.1) is 24.0 Å². The minimum absolute atomic E-state index is 0. The number of aryl methyl sites for hydroxylation is 1. The maximum atomic E-state index is 4.28. The van der Waals surface area contributed by atoms with Gasteiger partial charge in [-0.1, -0.05) is 43.7 Å². The highest BCUT2D eigenvalue weighted by Gasteiger charge is 2.21. The monoisotopic (exact) mass is 403 g/mol. The quantitative estimate of drug-likeness (QED) is 0.457. The van der Waals surface area contributed by atoms with Gasteiger partial charge >= 0.3 is 0 Å². The molecule has 2 N–H and O–H groups in total. The summed E-state index contributed by atoms with van der Waals surface area (Å²) in [6, 6.07) is 8.69. The normalized spacial score (nSPS) is 12.6. The molecule has 0 saturated heterocycles. The minimum Gasteiger partial charge on any atom is -0.356 e. The molecular formula is C17H30IN3. The van der Waals surface area contributed by atoms with Gasteiger partial charge in [-0.3, -0.25) is 4.99 Å². The number of nitrogens with zero attached hydrogens (tertiary/aromatic N) is 1. The molecule has 0 atom stereocenters. The van der Waals surface area contributed by atoms with E-state index in [1.54, 1.807) is 7.05 Å². The van der Waals surface area contributed by atoms with Crippen molar-refractivity contribution in [1.29, 1.82) is 0 Å². The Morgan fingerprint density at radius 1 is 1.14 bits per heavy atom. The highest BCUT2D eigenvalue weighted by molar-refractivity contribution is 14.0. The van der Waals surface area contributed by atoms with Gasteiger partial charge in [0.25, 0.3) is 0 Å². The molecule has 120 valence electrons. The van der Waals surface area contributed by atoms with Crippen LogP contribution in [0.3, 0.4) is 0 Å². The van der Waals surface area contributed by atoms with Gasteiger partial charge in [0.15, 0.2) is 5.96 Å². The SMILES string of the molecule is CN=C(NCC(C)(C)c1cccc(C)c1)NC(C)(C)C.I. The second kappa shape index (κ2) is 8.01. The lowest BCUT2D eigenvalue weighted by Crippen LogP contribution is -2.50. The van der Waals surface area contributed by atoms with Crippen molar-refractivity contribution in [3.05, 3.63) is 35.4 Å². The summed E-state index contributed by atoms with van der Waals surface area (Å²) in [7, 11) is 1.81. The maximum absolute atomic E-state index is 4.28. The van der Waals surface area contributed by atoms with Crippen LogP contribution in [-0.4, -0.2) is 25.1 Å². The van der Waals surface area contributed by atoms with Crippen molar-refractivity contribution in [3.63, 3.8) is 0 Å². The molecule has 1 aromatic carbocycles. The predicted molar refractivity (Wildman–Crippen MR) is 104 cm³/mol. The van der Waals surface area contributed by atoms with Gasteiger partial charge in [-0.25, -0.2) is 0 Å². The molecule has 0 bridgehead atoms. The summed E-state index contributed by atoms with van der Waals surface area (Å²) in [6.07, 6.45) is 0. The van der Waals surface area contributed by atoms with Crippen molar-refractivity contribution < 1.29 is 0 Å². The van der Waals surface area contributed by atoms with Gasteiger partial charge < -0.3 is 10.6 Å². The molecule has 0 aliphatic carbocycles. The molecule has 1 aromatic rings. The van der Waals surface area contributed by atoms with Crippen molar-refractivity contribution in [1.82, 2.24) is 10.6 Å². The van der Waals surface area contributed by atoms with Gasteiger partial charge in [0.05, 0.1) is 0 Å². The number of aliphatic imine (C=N–C) groups is 1. The first-order valence-electron chi connectivity index (χ1n) is 7.20. The number of hydrogen-bond acceptors (Lipinski definition) is 1. The van der Waals surface area contributed by atoms with Crippen molar-refractivity contribution in [3.8, 4) is 0 Å². The van der Waals surface area contributed by atoms with E-state index >= 15 is 0 Å². The standard InChI is InChI=1S/C17H29N3.HI/c1-13-9-8-10-14(11-13)17(5,6)12-19-15(18-7)20-16(2,3)4;/h8-11H,12H2,1-7H3,(H2,18,19,20);1H. The van der Waals surface area contributed by atoms with Crippen LogP contribution in [0.5, 0.6) is 0 Å². The highest BCUT2D eigenvalue weighted by Crippen LogP contribution is 2.23. The third-order valence-electron chi connectivity index (χ3n) is 3.21. The Labute approximate surface area is 147 Å². The molecule has 0 amide bonds. The molecular weight excluding hydrogens is 373 g/mol. The van der Waals surface area contributed by atoms with E-state index < -0.39 is 0 Å². The molecule has 0 spiro atoms. The molecule has 0 heterocycles. The zero-order chi connectivity index (χ0) is 15.4. The van der Waals surface area contributed by atoms with E-state index in [1.807, 2.05) is 0 Å². The fraction of sp³-hybridized carbons (Fsp3) is 0.588. The number of nitrogens with one attached hydrogen (secondary N) is 2. The summed E-state index contributed by atoms with van der Waals surface area (Å²) < 4.78 is 0. The van der Waals surface area contributed by atoms with Gasteiger partial charge in [-0.2, -0.15) is 0 Å². The zero-order valence-electron chi connectivity index (χ0n) is 14.4. The van der Waals surface area contributed by atoms with E-state index in [1.165, 1.54) is 11.1 Å². The fourth-order valence-electron chi connectivity index (χ4n) is 2.01. The molecule has 1 rings (SSSR count). The molecule has 0 saturated carbocycles. The molecule has 0 unspecified atom stereocenters. The van der Waals surface area contributed by atoms with Crippen LogP contribution < -0.4 is 10.6 Å². The summed E-state index contributed by atoms with van der Waals surface area (Å²) in [5.41, 5.74) is 2.71. The summed E-state index contributed by atoms with van der Waals surface area (Å²) in [5.74, 6) is 0.846. The largest absolute Gasteiger partial charge is 0.356 e. The Morgan fingerprint density at radius 2 is 1.76 bits per heavy atom. The van der Waals surface area contributed by atoms with Crippen LogP contribution in [-0.2, 0) is 5.41 Å². The topological polar surface area (TPSA) is 36.4 Å². The molecule has 0 aliphatic rings. The Balaban J connectivity index is 0.00000400. The smallest absolute Gasteiger partial charge is 0.191 e. The van der Waals surface area contributed by atoms with Crippen LogP contribution in [0.2, 0.25) is 0 Å². The number of benzene rings is 1. The summed E-state index contributed by atoms with van der Waals surface area (Å²) >= 11 is 0. The number of rotatable bonds is 3. The Kier molecular flexibility index (Phi) is 7.71. The molecule has 0 aromatic heterocycles. The Hall–Kier alpha value is -0.780. The van der Waals surface area contributed by atoms with Crippen molar-refractivity contribution in [2.45, 2.75) is 52.5 Å². The Bertz CT molecular complexity index is 473. The van der Waals surface area contributed by atoms with E-state index in [0.717, 1.165) is 12.5 Å². The fourth-order valence-corrected chi connectivity index (χ4v) is 2.01. The zero-order valence-corrected chi connectivity index (χ0v) is 16.7. The lowest BCUT2D eigenvalue weighted by Gasteiger charge is -2.29. The Morgan fingerprint density at radius 3 is 2.24 bits per heavy atom. The summed E-state index contributed by atoms with van der Waals surface area (Å²) in [4.78, 5) is 4.28. The first-order valence-corrected chi connectivity index (χ1v) is 7.20. The van der Waals surface area contributed by atoms with Gasteiger partial charge in [0.1, 0.15) is 0 Å². The molecule has 21 heavy (non-hydrogen) atoms. The van der Waals surface area contributed by atoms with Crippen molar-refractivity contribution >= 4 is 29.9 Å². The van der Waals surface area contributed by atoms with Gasteiger partial charge in [0, 0.05) is 24.5 Å². The van der Waals surface area contributed by atoms with Crippen LogP contribution in [0.15, 0.2) is 29.3 Å². The van der Waals surface area contributed by atoms with Crippen LogP contribution in [0.4, 0.5) is 0 Å². The number of guanidine groups is 1. The van der Waals surface area contributed by atoms with Crippen LogP contribution >= 0.6 is 24.0 Å². The van der Waals surface area contributed by atoms with Crippen LogP contribution in [0.1, 0.15) is 45.7 Å². The lowest BCUT2D eigenvalue weighted by atomic mass is 9.84. The van der Waals surface area contributed by atoms with E-state index in [-0.39, 0.29) is 34.9 Å². The van der Waals surface area contributed by atoms with Crippen molar-refractivity contribution in [2.75, 3.05) is 13.6 Å². The van der Waals surface area contributed by atoms with E-state index in [4.69, 9.17) is 0 Å². The minimum atomic E-state index is 0. The lowest BCUT2D eigenvalue weighted by molar-refractivity contribution is 0.476. The third-order valence-corrected chi connectivity index (χ3v) is 3.21. The van der Waals surface area contributed by atoms with Gasteiger partial charge in [0.2, 0.25) is 0 Å². The average molecular weight is 403 g/mol. The van der Waals surface area contributed by atoms with Crippen molar-refractivity contribution in [2.24, 2.45) is 4.99 Å². The summed E-state index contributed by atoms with van der Waals surface area (Å²) in [5, 5.41) is 6.80. The number of halogens is 1. The maximum Gasteiger partial charge on any atom is 0.191 e. The predicted octanol–water partition coefficient (Wildman–Crippen LogP) is 3.85. The molecule has 0 radical (unpaired) electrons. The molecule has 0 fully saturated rings. The number of hydrogen-bond donors (Lipinski definition) is 2. The van der Waals surface area contributed by atoms with E-state index in [9.17, 15) is 0 Å². The third kappa shape index (κ3) is 7.16. The second-order valence-corrected chi connectivity index (χ2v) is 7.05.